The molecule has 0 bridgehead atoms. The predicted octanol–water partition coefficient (Wildman–Crippen LogP) is 4.31. The Bertz CT molecular complexity index is 658. The maximum absolute atomic E-state index is 12.8. The van der Waals surface area contributed by atoms with Gasteiger partial charge in [0.05, 0.1) is 5.25 Å². The Morgan fingerprint density at radius 2 is 1.71 bits per heavy atom. The summed E-state index contributed by atoms with van der Waals surface area (Å²) >= 11 is 1.68. The molecule has 3 nitrogen and oxygen atoms in total. The Labute approximate surface area is 148 Å². The van der Waals surface area contributed by atoms with E-state index in [1.807, 2.05) is 30.3 Å². The molecule has 1 N–H and O–H groups in total. The summed E-state index contributed by atoms with van der Waals surface area (Å²) in [6.45, 7) is 4.57. The number of phenols is 1. The molecule has 4 heteroatoms. The van der Waals surface area contributed by atoms with Crippen LogP contribution in [-0.4, -0.2) is 28.2 Å². The molecule has 0 saturated heterocycles. The quantitative estimate of drug-likeness (QED) is 0.814. The lowest BCUT2D eigenvalue weighted by Gasteiger charge is -2.26. The molecule has 2 aromatic carbocycles. The maximum atomic E-state index is 12.8. The van der Waals surface area contributed by atoms with Gasteiger partial charge in [-0.3, -0.25) is 4.79 Å². The fourth-order valence-corrected chi connectivity index (χ4v) is 3.78. The highest BCUT2D eigenvalue weighted by molar-refractivity contribution is 7.99. The number of hydrogen-bond donors (Lipinski definition) is 1. The first-order valence-electron chi connectivity index (χ1n) is 8.16. The number of amides is 1. The zero-order valence-corrected chi connectivity index (χ0v) is 15.3. The topological polar surface area (TPSA) is 40.5 Å². The lowest BCUT2D eigenvalue weighted by molar-refractivity contribution is -0.130. The van der Waals surface area contributed by atoms with Crippen molar-refractivity contribution in [1.82, 2.24) is 4.90 Å². The lowest BCUT2D eigenvalue weighted by Crippen LogP contribution is -2.37. The van der Waals surface area contributed by atoms with Crippen LogP contribution < -0.4 is 0 Å². The number of aromatic hydroxyl groups is 1. The molecule has 0 aromatic heterocycles. The Morgan fingerprint density at radius 1 is 1.08 bits per heavy atom. The molecule has 24 heavy (non-hydrogen) atoms. The van der Waals surface area contributed by atoms with Gasteiger partial charge in [0.15, 0.2) is 0 Å². The fourth-order valence-electron chi connectivity index (χ4n) is 2.50. The van der Waals surface area contributed by atoms with Gasteiger partial charge in [0.25, 0.3) is 0 Å². The molecule has 0 aliphatic rings. The second-order valence-corrected chi connectivity index (χ2v) is 7.41. The van der Waals surface area contributed by atoms with Crippen LogP contribution in [0.3, 0.4) is 0 Å². The highest BCUT2D eigenvalue weighted by Gasteiger charge is 2.26. The van der Waals surface area contributed by atoms with Crippen LogP contribution in [0.1, 0.15) is 25.0 Å². The second-order valence-electron chi connectivity index (χ2n) is 6.28. The number of carbonyl (C=O) groups excluding carboxylic acids is 1. The summed E-state index contributed by atoms with van der Waals surface area (Å²) in [5.41, 5.74) is 1.99. The summed E-state index contributed by atoms with van der Waals surface area (Å²) in [7, 11) is 1.80. The number of para-hydroxylation sites is 1. The van der Waals surface area contributed by atoms with E-state index in [0.29, 0.717) is 6.54 Å². The van der Waals surface area contributed by atoms with Crippen molar-refractivity contribution >= 4 is 17.7 Å². The number of carbonyl (C=O) groups is 1. The molecule has 0 fully saturated rings. The van der Waals surface area contributed by atoms with E-state index in [4.69, 9.17) is 0 Å². The SMILES string of the molecule is CC(C)C(SCc1ccccc1)C(=O)N(C)Cc1ccccc1O. The summed E-state index contributed by atoms with van der Waals surface area (Å²) in [5, 5.41) is 9.80. The van der Waals surface area contributed by atoms with Gasteiger partial charge in [0.2, 0.25) is 5.91 Å². The van der Waals surface area contributed by atoms with Crippen molar-refractivity contribution in [1.29, 1.82) is 0 Å². The van der Waals surface area contributed by atoms with Crippen molar-refractivity contribution in [3.8, 4) is 5.75 Å². The Balaban J connectivity index is 2.01. The minimum absolute atomic E-state index is 0.0962. The molecular formula is C20H25NO2S. The average molecular weight is 343 g/mol. The van der Waals surface area contributed by atoms with Gasteiger partial charge in [0.1, 0.15) is 5.75 Å². The first kappa shape index (κ1) is 18.4. The normalized spacial score (nSPS) is 12.2. The van der Waals surface area contributed by atoms with Crippen molar-refractivity contribution in [3.05, 3.63) is 65.7 Å². The van der Waals surface area contributed by atoms with Gasteiger partial charge in [-0.2, -0.15) is 0 Å². The first-order valence-corrected chi connectivity index (χ1v) is 9.21. The first-order chi connectivity index (χ1) is 11.5. The third-order valence-corrected chi connectivity index (χ3v) is 5.50. The molecule has 0 heterocycles. The third-order valence-electron chi connectivity index (χ3n) is 3.90. The van der Waals surface area contributed by atoms with E-state index in [2.05, 4.69) is 26.0 Å². The monoisotopic (exact) mass is 343 g/mol. The zero-order valence-electron chi connectivity index (χ0n) is 14.5. The molecular weight excluding hydrogens is 318 g/mol. The fraction of sp³-hybridized carbons (Fsp3) is 0.350. The van der Waals surface area contributed by atoms with Gasteiger partial charge in [-0.25, -0.2) is 0 Å². The number of benzene rings is 2. The largest absolute Gasteiger partial charge is 0.508 e. The third kappa shape index (κ3) is 5.03. The van der Waals surface area contributed by atoms with Crippen LogP contribution in [-0.2, 0) is 17.1 Å². The minimum atomic E-state index is -0.0962. The molecule has 0 radical (unpaired) electrons. The van der Waals surface area contributed by atoms with Crippen molar-refractivity contribution < 1.29 is 9.90 Å². The van der Waals surface area contributed by atoms with Crippen molar-refractivity contribution in [2.24, 2.45) is 5.92 Å². The van der Waals surface area contributed by atoms with Gasteiger partial charge >= 0.3 is 0 Å². The Hall–Kier alpha value is -1.94. The van der Waals surface area contributed by atoms with Crippen LogP contribution in [0, 0.1) is 5.92 Å². The van der Waals surface area contributed by atoms with E-state index in [1.54, 1.807) is 35.8 Å². The van der Waals surface area contributed by atoms with E-state index in [9.17, 15) is 9.90 Å². The predicted molar refractivity (Wildman–Crippen MR) is 101 cm³/mol. The number of thioether (sulfide) groups is 1. The van der Waals surface area contributed by atoms with Crippen LogP contribution in [0.4, 0.5) is 0 Å². The molecule has 1 atom stereocenters. The van der Waals surface area contributed by atoms with Gasteiger partial charge in [-0.15, -0.1) is 11.8 Å². The van der Waals surface area contributed by atoms with Gasteiger partial charge in [-0.1, -0.05) is 62.4 Å². The van der Waals surface area contributed by atoms with Crippen LogP contribution >= 0.6 is 11.8 Å². The molecule has 1 unspecified atom stereocenters. The number of phenolic OH excluding ortho intramolecular Hbond substituents is 1. The molecule has 0 spiro atoms. The van der Waals surface area contributed by atoms with Gasteiger partial charge < -0.3 is 10.0 Å². The van der Waals surface area contributed by atoms with Crippen LogP contribution in [0.5, 0.6) is 5.75 Å². The highest BCUT2D eigenvalue weighted by atomic mass is 32.2. The smallest absolute Gasteiger partial charge is 0.236 e. The van der Waals surface area contributed by atoms with Crippen molar-refractivity contribution in [2.45, 2.75) is 31.4 Å². The molecule has 128 valence electrons. The molecule has 1 amide bonds. The molecule has 0 aliphatic carbocycles. The van der Waals surface area contributed by atoms with Gasteiger partial charge in [-0.05, 0) is 17.5 Å². The van der Waals surface area contributed by atoms with Crippen molar-refractivity contribution in [2.75, 3.05) is 7.05 Å². The van der Waals surface area contributed by atoms with E-state index >= 15 is 0 Å². The average Bonchev–Trinajstić information content (AvgIpc) is 2.57. The number of hydrogen-bond acceptors (Lipinski definition) is 3. The molecule has 2 aromatic rings. The summed E-state index contributed by atoms with van der Waals surface area (Å²) in [4.78, 5) is 14.6. The van der Waals surface area contributed by atoms with Crippen LogP contribution in [0.15, 0.2) is 54.6 Å². The summed E-state index contributed by atoms with van der Waals surface area (Å²) in [5.74, 6) is 1.40. The second kappa shape index (κ2) is 8.78. The van der Waals surface area contributed by atoms with E-state index in [1.165, 1.54) is 5.56 Å². The Kier molecular flexibility index (Phi) is 6.73. The van der Waals surface area contributed by atoms with E-state index in [-0.39, 0.29) is 22.8 Å². The molecule has 0 saturated carbocycles. The highest BCUT2D eigenvalue weighted by Crippen LogP contribution is 2.26. The Morgan fingerprint density at radius 3 is 2.33 bits per heavy atom. The van der Waals surface area contributed by atoms with Crippen molar-refractivity contribution in [3.63, 3.8) is 0 Å². The zero-order chi connectivity index (χ0) is 17.5. The minimum Gasteiger partial charge on any atom is -0.508 e. The molecule has 2 rings (SSSR count). The molecule has 0 aliphatic heterocycles. The van der Waals surface area contributed by atoms with Crippen LogP contribution in [0.2, 0.25) is 0 Å². The summed E-state index contributed by atoms with van der Waals surface area (Å²) in [6, 6.07) is 17.4. The standard InChI is InChI=1S/C20H25NO2S/c1-15(2)19(24-14-16-9-5-4-6-10-16)20(23)21(3)13-17-11-7-8-12-18(17)22/h4-12,15,19,22H,13-14H2,1-3H3. The summed E-state index contributed by atoms with van der Waals surface area (Å²) in [6.07, 6.45) is 0. The summed E-state index contributed by atoms with van der Waals surface area (Å²) < 4.78 is 0. The lowest BCUT2D eigenvalue weighted by atomic mass is 10.1. The number of rotatable bonds is 7. The maximum Gasteiger partial charge on any atom is 0.236 e. The van der Waals surface area contributed by atoms with E-state index < -0.39 is 0 Å². The number of nitrogens with zero attached hydrogens (tertiary/aromatic N) is 1. The van der Waals surface area contributed by atoms with Gasteiger partial charge in [0, 0.05) is 24.9 Å². The van der Waals surface area contributed by atoms with E-state index in [0.717, 1.165) is 11.3 Å². The van der Waals surface area contributed by atoms with Crippen LogP contribution in [0.25, 0.3) is 0 Å².